The van der Waals surface area contributed by atoms with Gasteiger partial charge in [-0.25, -0.2) is 9.50 Å². The van der Waals surface area contributed by atoms with Crippen molar-refractivity contribution in [1.29, 1.82) is 0 Å². The van der Waals surface area contributed by atoms with Crippen molar-refractivity contribution >= 4 is 11.3 Å². The van der Waals surface area contributed by atoms with Crippen molar-refractivity contribution in [2.75, 3.05) is 11.4 Å². The lowest BCUT2D eigenvalue weighted by Gasteiger charge is -2.36. The maximum atomic E-state index is 6.00. The molecule has 5 heteroatoms. The summed E-state index contributed by atoms with van der Waals surface area (Å²) in [5.41, 5.74) is 7.09. The Bertz CT molecular complexity index is 542. The average Bonchev–Trinajstić information content (AvgIpc) is 2.91. The fraction of sp³-hybridized carbons (Fsp3) is 0.571. The predicted molar refractivity (Wildman–Crippen MR) is 76.2 cm³/mol. The van der Waals surface area contributed by atoms with E-state index in [9.17, 15) is 0 Å². The molecule has 2 aromatic rings. The van der Waals surface area contributed by atoms with Crippen LogP contribution in [0.15, 0.2) is 24.7 Å². The Morgan fingerprint density at radius 3 is 2.84 bits per heavy atom. The molecule has 1 saturated carbocycles. The molecule has 0 spiro atoms. The first kappa shape index (κ1) is 12.4. The Hall–Kier alpha value is -1.62. The van der Waals surface area contributed by atoms with Gasteiger partial charge in [0.15, 0.2) is 5.82 Å². The highest BCUT2D eigenvalue weighted by Gasteiger charge is 2.25. The fourth-order valence-electron chi connectivity index (χ4n) is 3.06. The molecule has 0 unspecified atom stereocenters. The van der Waals surface area contributed by atoms with Crippen LogP contribution >= 0.6 is 0 Å². The van der Waals surface area contributed by atoms with Gasteiger partial charge in [-0.3, -0.25) is 0 Å². The fourth-order valence-corrected chi connectivity index (χ4v) is 3.06. The van der Waals surface area contributed by atoms with Gasteiger partial charge in [0.25, 0.3) is 0 Å². The van der Waals surface area contributed by atoms with Crippen molar-refractivity contribution in [3.8, 4) is 0 Å². The summed E-state index contributed by atoms with van der Waals surface area (Å²) in [6, 6.07) is 2.96. The van der Waals surface area contributed by atoms with Crippen LogP contribution in [0.5, 0.6) is 0 Å². The third-order valence-corrected chi connectivity index (χ3v) is 4.10. The van der Waals surface area contributed by atoms with Gasteiger partial charge in [0.2, 0.25) is 0 Å². The normalized spacial score (nSPS) is 23.7. The second-order valence-corrected chi connectivity index (χ2v) is 5.27. The second kappa shape index (κ2) is 5.17. The monoisotopic (exact) mass is 259 g/mol. The summed E-state index contributed by atoms with van der Waals surface area (Å²) in [6.07, 6.45) is 10.1. The van der Waals surface area contributed by atoms with E-state index >= 15 is 0 Å². The van der Waals surface area contributed by atoms with E-state index < -0.39 is 0 Å². The maximum Gasteiger partial charge on any atom is 0.154 e. The van der Waals surface area contributed by atoms with Crippen LogP contribution in [0, 0.1) is 0 Å². The third kappa shape index (κ3) is 2.30. The van der Waals surface area contributed by atoms with E-state index in [1.54, 1.807) is 0 Å². The van der Waals surface area contributed by atoms with Crippen molar-refractivity contribution < 1.29 is 0 Å². The smallest absolute Gasteiger partial charge is 0.154 e. The number of rotatable bonds is 3. The molecule has 0 bridgehead atoms. The molecule has 1 aliphatic rings. The number of hydrogen-bond acceptors (Lipinski definition) is 4. The Balaban J connectivity index is 1.91. The Kier molecular flexibility index (Phi) is 3.38. The van der Waals surface area contributed by atoms with E-state index in [1.807, 2.05) is 29.2 Å². The van der Waals surface area contributed by atoms with E-state index in [0.717, 1.165) is 43.6 Å². The Morgan fingerprint density at radius 1 is 1.32 bits per heavy atom. The van der Waals surface area contributed by atoms with Crippen LogP contribution in [0.25, 0.3) is 5.52 Å². The van der Waals surface area contributed by atoms with Crippen LogP contribution in [-0.2, 0) is 0 Å². The minimum atomic E-state index is 0.383. The van der Waals surface area contributed by atoms with E-state index in [4.69, 9.17) is 5.73 Å². The molecule has 2 heterocycles. The van der Waals surface area contributed by atoms with Crippen LogP contribution in [0.1, 0.15) is 32.6 Å². The van der Waals surface area contributed by atoms with Gasteiger partial charge in [-0.1, -0.05) is 0 Å². The van der Waals surface area contributed by atoms with Crippen LogP contribution < -0.4 is 10.6 Å². The highest BCUT2D eigenvalue weighted by Crippen LogP contribution is 2.27. The molecule has 102 valence electrons. The summed E-state index contributed by atoms with van der Waals surface area (Å²) in [6.45, 7) is 3.16. The van der Waals surface area contributed by atoms with Crippen LogP contribution in [0.4, 0.5) is 5.82 Å². The quantitative estimate of drug-likeness (QED) is 0.913. The zero-order valence-electron chi connectivity index (χ0n) is 11.4. The number of nitrogens with two attached hydrogens (primary N) is 1. The molecule has 0 radical (unpaired) electrons. The summed E-state index contributed by atoms with van der Waals surface area (Å²) in [5.74, 6) is 1.04. The van der Waals surface area contributed by atoms with Gasteiger partial charge in [-0.2, -0.15) is 5.10 Å². The largest absolute Gasteiger partial charge is 0.352 e. The lowest BCUT2D eigenvalue weighted by atomic mass is 9.90. The van der Waals surface area contributed by atoms with Gasteiger partial charge >= 0.3 is 0 Å². The van der Waals surface area contributed by atoms with Crippen LogP contribution in [0.3, 0.4) is 0 Å². The number of nitrogens with zero attached hydrogens (tertiary/aromatic N) is 4. The topological polar surface area (TPSA) is 59.5 Å². The molecule has 0 saturated heterocycles. The summed E-state index contributed by atoms with van der Waals surface area (Å²) in [5, 5.41) is 4.28. The van der Waals surface area contributed by atoms with Crippen LogP contribution in [-0.4, -0.2) is 33.2 Å². The Labute approximate surface area is 113 Å². The molecule has 0 aromatic carbocycles. The zero-order valence-corrected chi connectivity index (χ0v) is 11.4. The molecular formula is C14H21N5. The molecular weight excluding hydrogens is 238 g/mol. The highest BCUT2D eigenvalue weighted by molar-refractivity contribution is 5.68. The van der Waals surface area contributed by atoms with Gasteiger partial charge in [0.05, 0.1) is 6.20 Å². The first-order valence-corrected chi connectivity index (χ1v) is 7.10. The number of hydrogen-bond donors (Lipinski definition) is 1. The molecule has 1 aliphatic carbocycles. The lowest BCUT2D eigenvalue weighted by molar-refractivity contribution is 0.377. The minimum Gasteiger partial charge on any atom is -0.352 e. The number of anilines is 1. The zero-order chi connectivity index (χ0) is 13.2. The van der Waals surface area contributed by atoms with Crippen molar-refractivity contribution in [3.63, 3.8) is 0 Å². The molecule has 0 aliphatic heterocycles. The summed E-state index contributed by atoms with van der Waals surface area (Å²) in [4.78, 5) is 6.98. The maximum absolute atomic E-state index is 6.00. The van der Waals surface area contributed by atoms with Crippen molar-refractivity contribution in [2.24, 2.45) is 5.73 Å². The summed E-state index contributed by atoms with van der Waals surface area (Å²) in [7, 11) is 0. The molecule has 2 aromatic heterocycles. The molecule has 0 amide bonds. The van der Waals surface area contributed by atoms with E-state index in [-0.39, 0.29) is 0 Å². The van der Waals surface area contributed by atoms with Crippen molar-refractivity contribution in [3.05, 3.63) is 24.7 Å². The Morgan fingerprint density at radius 2 is 2.11 bits per heavy atom. The van der Waals surface area contributed by atoms with Crippen molar-refractivity contribution in [2.45, 2.75) is 44.7 Å². The standard InChI is InChI=1S/C14H21N5/c1-2-18(12-5-3-11(15)4-6-12)14-13-7-8-17-19(13)10-9-16-14/h7-12H,2-6,15H2,1H3. The number of aromatic nitrogens is 3. The van der Waals surface area contributed by atoms with E-state index in [1.165, 1.54) is 0 Å². The number of fused-ring (bicyclic) bond motifs is 1. The average molecular weight is 259 g/mol. The minimum absolute atomic E-state index is 0.383. The van der Waals surface area contributed by atoms with Gasteiger partial charge in [-0.05, 0) is 38.7 Å². The van der Waals surface area contributed by atoms with Gasteiger partial charge in [-0.15, -0.1) is 0 Å². The third-order valence-electron chi connectivity index (χ3n) is 4.10. The molecule has 1 fully saturated rings. The van der Waals surface area contributed by atoms with Crippen LogP contribution in [0.2, 0.25) is 0 Å². The molecule has 5 nitrogen and oxygen atoms in total. The van der Waals surface area contributed by atoms with Gasteiger partial charge < -0.3 is 10.6 Å². The predicted octanol–water partition coefficient (Wildman–Crippen LogP) is 1.83. The van der Waals surface area contributed by atoms with Gasteiger partial charge in [0, 0.05) is 31.0 Å². The molecule has 19 heavy (non-hydrogen) atoms. The highest BCUT2D eigenvalue weighted by atomic mass is 15.3. The first-order valence-electron chi connectivity index (χ1n) is 7.10. The summed E-state index contributed by atoms with van der Waals surface area (Å²) >= 11 is 0. The molecule has 3 rings (SSSR count). The first-order chi connectivity index (χ1) is 9.29. The molecule has 2 N–H and O–H groups in total. The molecule has 0 atom stereocenters. The van der Waals surface area contributed by atoms with Gasteiger partial charge in [0.1, 0.15) is 5.52 Å². The second-order valence-electron chi connectivity index (χ2n) is 5.27. The van der Waals surface area contributed by atoms with E-state index in [0.29, 0.717) is 12.1 Å². The van der Waals surface area contributed by atoms with Crippen molar-refractivity contribution in [1.82, 2.24) is 14.6 Å². The lowest BCUT2D eigenvalue weighted by Crippen LogP contribution is -2.41. The SMILES string of the molecule is CCN(c1nccn2nccc12)C1CCC(N)CC1. The summed E-state index contributed by atoms with van der Waals surface area (Å²) < 4.78 is 1.89. The van der Waals surface area contributed by atoms with E-state index in [2.05, 4.69) is 21.9 Å².